The summed E-state index contributed by atoms with van der Waals surface area (Å²) in [5, 5.41) is -0.236. The molecule has 0 bridgehead atoms. The quantitative estimate of drug-likeness (QED) is 0.709. The van der Waals surface area contributed by atoms with Gasteiger partial charge in [0.05, 0.1) is 6.33 Å². The Kier molecular flexibility index (Phi) is 4.12. The van der Waals surface area contributed by atoms with Crippen molar-refractivity contribution in [2.24, 2.45) is 0 Å². The second-order valence-electron chi connectivity index (χ2n) is 4.51. The maximum atomic E-state index is 12.0. The summed E-state index contributed by atoms with van der Waals surface area (Å²) in [7, 11) is 3.34. The Morgan fingerprint density at radius 1 is 1.37 bits per heavy atom. The van der Waals surface area contributed by atoms with Crippen molar-refractivity contribution in [3.05, 3.63) is 12.5 Å². The summed E-state index contributed by atoms with van der Waals surface area (Å²) in [6.07, 6.45) is 2.56. The molecule has 0 radical (unpaired) electrons. The fourth-order valence-electron chi connectivity index (χ4n) is 1.86. The van der Waals surface area contributed by atoms with Gasteiger partial charge in [0.25, 0.3) is 9.05 Å². The first-order chi connectivity index (χ1) is 8.86. The lowest BCUT2D eigenvalue weighted by atomic mass is 10.3. The van der Waals surface area contributed by atoms with Gasteiger partial charge in [0.2, 0.25) is 5.91 Å². The molecule has 0 aromatic carbocycles. The van der Waals surface area contributed by atoms with Crippen LogP contribution in [0.4, 0.5) is 0 Å². The topological polar surface area (TPSA) is 75.5 Å². The number of hydrogen-bond donors (Lipinski definition) is 0. The van der Waals surface area contributed by atoms with Crippen molar-refractivity contribution < 1.29 is 13.2 Å². The van der Waals surface area contributed by atoms with Crippen LogP contribution in [0.5, 0.6) is 0 Å². The van der Waals surface area contributed by atoms with E-state index in [1.165, 1.54) is 17.1 Å². The summed E-state index contributed by atoms with van der Waals surface area (Å²) in [6, 6.07) is 0. The lowest BCUT2D eigenvalue weighted by Gasteiger charge is -2.32. The molecule has 0 aliphatic carbocycles. The number of aromatic nitrogens is 2. The first-order valence-electron chi connectivity index (χ1n) is 5.79. The number of carbonyl (C=O) groups excluding carboxylic acids is 1. The average Bonchev–Trinajstić information content (AvgIpc) is 2.78. The molecule has 0 N–H and O–H groups in total. The van der Waals surface area contributed by atoms with Crippen molar-refractivity contribution in [3.63, 3.8) is 0 Å². The van der Waals surface area contributed by atoms with Gasteiger partial charge in [0.1, 0.15) is 6.54 Å². The van der Waals surface area contributed by atoms with Crippen LogP contribution < -0.4 is 0 Å². The first-order valence-corrected chi connectivity index (χ1v) is 8.10. The highest BCUT2D eigenvalue weighted by Crippen LogP contribution is 2.11. The number of halogens is 1. The molecule has 1 aromatic heterocycles. The molecule has 1 fully saturated rings. The normalized spacial score (nSPS) is 17.7. The van der Waals surface area contributed by atoms with Crippen molar-refractivity contribution in [3.8, 4) is 0 Å². The molecular formula is C10H15ClN4O3S. The third-order valence-electron chi connectivity index (χ3n) is 3.03. The van der Waals surface area contributed by atoms with Gasteiger partial charge in [-0.15, -0.1) is 0 Å². The predicted octanol–water partition coefficient (Wildman–Crippen LogP) is -0.415. The van der Waals surface area contributed by atoms with E-state index in [-0.39, 0.29) is 17.5 Å². The summed E-state index contributed by atoms with van der Waals surface area (Å²) >= 11 is 0. The van der Waals surface area contributed by atoms with Crippen molar-refractivity contribution >= 4 is 25.6 Å². The van der Waals surface area contributed by atoms with Crippen LogP contribution in [0, 0.1) is 0 Å². The van der Waals surface area contributed by atoms with E-state index < -0.39 is 9.05 Å². The molecule has 19 heavy (non-hydrogen) atoms. The minimum absolute atomic E-state index is 0.0518. The largest absolute Gasteiger partial charge is 0.339 e. The molecule has 1 aliphatic heterocycles. The first kappa shape index (κ1) is 14.3. The summed E-state index contributed by atoms with van der Waals surface area (Å²) < 4.78 is 23.5. The van der Waals surface area contributed by atoms with Gasteiger partial charge >= 0.3 is 0 Å². The molecule has 9 heteroatoms. The van der Waals surface area contributed by atoms with E-state index in [2.05, 4.69) is 9.88 Å². The fourth-order valence-corrected chi connectivity index (χ4v) is 2.54. The smallest absolute Gasteiger partial charge is 0.280 e. The van der Waals surface area contributed by atoms with Crippen molar-refractivity contribution in [1.29, 1.82) is 0 Å². The maximum Gasteiger partial charge on any atom is 0.280 e. The van der Waals surface area contributed by atoms with Crippen LogP contribution >= 0.6 is 10.7 Å². The molecule has 1 amide bonds. The molecule has 7 nitrogen and oxygen atoms in total. The van der Waals surface area contributed by atoms with Crippen LogP contribution in [0.15, 0.2) is 17.6 Å². The molecular weight excluding hydrogens is 292 g/mol. The lowest BCUT2D eigenvalue weighted by molar-refractivity contribution is -0.133. The van der Waals surface area contributed by atoms with Crippen molar-refractivity contribution in [2.45, 2.75) is 11.6 Å². The van der Waals surface area contributed by atoms with Crippen LogP contribution in [0.1, 0.15) is 0 Å². The van der Waals surface area contributed by atoms with E-state index in [0.29, 0.717) is 13.1 Å². The molecule has 0 unspecified atom stereocenters. The molecule has 106 valence electrons. The van der Waals surface area contributed by atoms with Crippen LogP contribution in [-0.4, -0.2) is 66.9 Å². The number of imidazole rings is 1. The second-order valence-corrected chi connectivity index (χ2v) is 7.02. The fraction of sp³-hybridized carbons (Fsp3) is 0.600. The minimum Gasteiger partial charge on any atom is -0.339 e. The van der Waals surface area contributed by atoms with Crippen LogP contribution in [0.25, 0.3) is 0 Å². The predicted molar refractivity (Wildman–Crippen MR) is 69.3 cm³/mol. The number of nitrogens with zero attached hydrogens (tertiary/aromatic N) is 4. The van der Waals surface area contributed by atoms with E-state index in [9.17, 15) is 13.2 Å². The summed E-state index contributed by atoms with van der Waals surface area (Å²) in [4.78, 5) is 19.6. The van der Waals surface area contributed by atoms with Gasteiger partial charge in [0.15, 0.2) is 5.03 Å². The Morgan fingerprint density at radius 3 is 2.53 bits per heavy atom. The minimum atomic E-state index is -3.84. The molecule has 1 saturated heterocycles. The Hall–Kier alpha value is -1.12. The third kappa shape index (κ3) is 3.68. The standard InChI is InChI=1S/C10H15ClN4O3S/c1-13-2-4-15(5-3-13)10(16)7-14-6-9(12-8-14)19(11,17)18/h6,8H,2-5,7H2,1H3. The number of piperazine rings is 1. The van der Waals surface area contributed by atoms with Crippen LogP contribution in [0.3, 0.4) is 0 Å². The van der Waals surface area contributed by atoms with Crippen molar-refractivity contribution in [2.75, 3.05) is 33.2 Å². The highest BCUT2D eigenvalue weighted by molar-refractivity contribution is 8.13. The SMILES string of the molecule is CN1CCN(C(=O)Cn2cnc(S(=O)(=O)Cl)c2)CC1. The Labute approximate surface area is 116 Å². The van der Waals surface area contributed by atoms with Gasteiger partial charge < -0.3 is 14.4 Å². The highest BCUT2D eigenvalue weighted by Gasteiger charge is 2.20. The van der Waals surface area contributed by atoms with E-state index in [1.807, 2.05) is 7.05 Å². The number of likely N-dealkylation sites (N-methyl/N-ethyl adjacent to an activating group) is 1. The lowest BCUT2D eigenvalue weighted by Crippen LogP contribution is -2.48. The van der Waals surface area contributed by atoms with E-state index >= 15 is 0 Å². The van der Waals surface area contributed by atoms with Crippen LogP contribution in [-0.2, 0) is 20.4 Å². The van der Waals surface area contributed by atoms with Gasteiger partial charge in [-0.05, 0) is 7.05 Å². The summed E-state index contributed by atoms with van der Waals surface area (Å²) in [5.41, 5.74) is 0. The summed E-state index contributed by atoms with van der Waals surface area (Å²) in [6.45, 7) is 3.13. The molecule has 1 aliphatic rings. The van der Waals surface area contributed by atoms with Crippen molar-refractivity contribution in [1.82, 2.24) is 19.4 Å². The van der Waals surface area contributed by atoms with Gasteiger partial charge in [-0.2, -0.15) is 0 Å². The van der Waals surface area contributed by atoms with Gasteiger partial charge in [-0.3, -0.25) is 4.79 Å². The zero-order valence-electron chi connectivity index (χ0n) is 10.5. The van der Waals surface area contributed by atoms with E-state index in [0.717, 1.165) is 13.1 Å². The van der Waals surface area contributed by atoms with Gasteiger partial charge in [0, 0.05) is 43.1 Å². The third-order valence-corrected chi connectivity index (χ3v) is 4.22. The Balaban J connectivity index is 1.97. The van der Waals surface area contributed by atoms with Gasteiger partial charge in [-0.1, -0.05) is 0 Å². The molecule has 1 aromatic rings. The average molecular weight is 307 g/mol. The van der Waals surface area contributed by atoms with Crippen LogP contribution in [0.2, 0.25) is 0 Å². The Morgan fingerprint density at radius 2 is 2.00 bits per heavy atom. The number of hydrogen-bond acceptors (Lipinski definition) is 5. The zero-order chi connectivity index (χ0) is 14.0. The number of rotatable bonds is 3. The molecule has 2 heterocycles. The highest BCUT2D eigenvalue weighted by atomic mass is 35.7. The second kappa shape index (κ2) is 5.48. The maximum absolute atomic E-state index is 12.0. The Bertz CT molecular complexity index is 563. The molecule has 2 rings (SSSR count). The molecule has 0 spiro atoms. The summed E-state index contributed by atoms with van der Waals surface area (Å²) in [5.74, 6) is -0.0518. The molecule has 0 saturated carbocycles. The van der Waals surface area contributed by atoms with E-state index in [1.54, 1.807) is 4.90 Å². The number of amides is 1. The van der Waals surface area contributed by atoms with Gasteiger partial charge in [-0.25, -0.2) is 13.4 Å². The molecule has 0 atom stereocenters. The van der Waals surface area contributed by atoms with E-state index in [4.69, 9.17) is 10.7 Å². The zero-order valence-corrected chi connectivity index (χ0v) is 12.1. The monoisotopic (exact) mass is 306 g/mol. The number of carbonyl (C=O) groups is 1.